The summed E-state index contributed by atoms with van der Waals surface area (Å²) in [4.78, 5) is 17.6. The van der Waals surface area contributed by atoms with Gasteiger partial charge in [-0.15, -0.1) is 0 Å². The molecular weight excluding hydrogens is 705 g/mol. The van der Waals surface area contributed by atoms with Crippen molar-refractivity contribution >= 4 is 22.1 Å². The Morgan fingerprint density at radius 3 is 2.72 bits per heavy atom. The zero-order chi connectivity index (χ0) is 37.8. The van der Waals surface area contributed by atoms with Crippen molar-refractivity contribution in [3.8, 4) is 17.7 Å². The van der Waals surface area contributed by atoms with Gasteiger partial charge >= 0.3 is 6.09 Å². The van der Waals surface area contributed by atoms with Gasteiger partial charge in [-0.05, 0) is 55.2 Å². The van der Waals surface area contributed by atoms with Gasteiger partial charge in [0.05, 0.1) is 36.2 Å². The number of aliphatic hydroxyl groups excluding tert-OH is 1. The Labute approximate surface area is 312 Å². The summed E-state index contributed by atoms with van der Waals surface area (Å²) in [5.41, 5.74) is 0.328. The van der Waals surface area contributed by atoms with Crippen LogP contribution in [0.4, 0.5) is 4.79 Å². The summed E-state index contributed by atoms with van der Waals surface area (Å²) in [7, 11) is -4.18. The molecule has 0 aliphatic carbocycles. The number of fused-ring (bicyclic) bond motifs is 2. The lowest BCUT2D eigenvalue weighted by Gasteiger charge is -2.35. The van der Waals surface area contributed by atoms with Gasteiger partial charge in [0.2, 0.25) is 22.8 Å². The predicted octanol–water partition coefficient (Wildman–Crippen LogP) is 3.49. The van der Waals surface area contributed by atoms with Crippen LogP contribution in [0.3, 0.4) is 0 Å². The van der Waals surface area contributed by atoms with Gasteiger partial charge in [0.1, 0.15) is 6.10 Å². The predicted molar refractivity (Wildman–Crippen MR) is 195 cm³/mol. The first-order chi connectivity index (χ1) is 25.5. The second kappa shape index (κ2) is 18.8. The number of nitrogens with one attached hydrogen (secondary N) is 3. The molecule has 3 aliphatic rings. The largest absolute Gasteiger partial charge is 0.454 e. The molecule has 0 aromatic heterocycles. The highest BCUT2D eigenvalue weighted by atomic mass is 32.2. The molecule has 290 valence electrons. The Morgan fingerprint density at radius 1 is 1.15 bits per heavy atom. The van der Waals surface area contributed by atoms with E-state index in [2.05, 4.69) is 20.9 Å². The summed E-state index contributed by atoms with van der Waals surface area (Å²) in [6.07, 6.45) is 2.94. The lowest BCUT2D eigenvalue weighted by molar-refractivity contribution is -0.0907. The Kier molecular flexibility index (Phi) is 14.2. The molecule has 4 N–H and O–H groups in total. The van der Waals surface area contributed by atoms with Gasteiger partial charge in [-0.25, -0.2) is 13.2 Å². The summed E-state index contributed by atoms with van der Waals surface area (Å²) in [6, 6.07) is 12.9. The SMILES string of the molecule is CCCN=C(NC#N)NCCCCC(C)(C)CN(C[C@@H](O)[C@H](Cc1ccccc1)NC(=O)O[C@H]1CO[C@H]2OCC[C@H]21)S(=O)(=O)c1ccc2c(c1)OCO2. The minimum Gasteiger partial charge on any atom is -0.454 e. The van der Waals surface area contributed by atoms with E-state index in [1.165, 1.54) is 16.4 Å². The summed E-state index contributed by atoms with van der Waals surface area (Å²) in [5.74, 6) is 1.14. The van der Waals surface area contributed by atoms with E-state index in [0.717, 1.165) is 24.8 Å². The highest BCUT2D eigenvalue weighted by Crippen LogP contribution is 2.36. The van der Waals surface area contributed by atoms with E-state index in [9.17, 15) is 18.3 Å². The van der Waals surface area contributed by atoms with Crippen LogP contribution in [0.1, 0.15) is 58.4 Å². The van der Waals surface area contributed by atoms with E-state index in [4.69, 9.17) is 28.9 Å². The third-order valence-electron chi connectivity index (χ3n) is 9.53. The van der Waals surface area contributed by atoms with E-state index in [-0.39, 0.29) is 43.7 Å². The molecule has 3 aliphatic heterocycles. The average Bonchev–Trinajstić information content (AvgIpc) is 3.89. The maximum absolute atomic E-state index is 14.4. The van der Waals surface area contributed by atoms with Crippen molar-refractivity contribution in [1.29, 1.82) is 5.26 Å². The van der Waals surface area contributed by atoms with E-state index in [1.807, 2.05) is 57.3 Å². The number of ether oxygens (including phenoxy) is 5. The van der Waals surface area contributed by atoms with Crippen LogP contribution in [0.5, 0.6) is 11.5 Å². The fourth-order valence-corrected chi connectivity index (χ4v) is 8.36. The van der Waals surface area contributed by atoms with Gasteiger partial charge in [-0.3, -0.25) is 10.3 Å². The monoisotopic (exact) mass is 756 g/mol. The van der Waals surface area contributed by atoms with E-state index in [0.29, 0.717) is 50.0 Å². The summed E-state index contributed by atoms with van der Waals surface area (Å²) in [5, 5.41) is 29.4. The molecular formula is C37H52N6O9S. The van der Waals surface area contributed by atoms with Gasteiger partial charge in [0.15, 0.2) is 24.0 Å². The molecule has 3 heterocycles. The first kappa shape index (κ1) is 40.1. The number of sulfonamides is 1. The first-order valence-corrected chi connectivity index (χ1v) is 19.7. The van der Waals surface area contributed by atoms with Crippen LogP contribution in [0, 0.1) is 22.8 Å². The highest BCUT2D eigenvalue weighted by Gasteiger charge is 2.44. The van der Waals surface area contributed by atoms with Gasteiger partial charge in [-0.2, -0.15) is 9.57 Å². The van der Waals surface area contributed by atoms with Crippen LogP contribution in [0.2, 0.25) is 0 Å². The van der Waals surface area contributed by atoms with Crippen LogP contribution < -0.4 is 25.4 Å². The topological polar surface area (TPSA) is 193 Å². The molecule has 0 bridgehead atoms. The molecule has 0 radical (unpaired) electrons. The maximum atomic E-state index is 14.4. The van der Waals surface area contributed by atoms with Crippen LogP contribution in [-0.4, -0.2) is 101 Å². The molecule has 2 aromatic carbocycles. The molecule has 0 spiro atoms. The number of unbranched alkanes of at least 4 members (excludes halogenated alkanes) is 1. The van der Waals surface area contributed by atoms with E-state index >= 15 is 0 Å². The number of alkyl carbamates (subject to hydrolysis) is 1. The number of aliphatic hydroxyl groups is 1. The molecule has 0 saturated carbocycles. The standard InChI is InChI=1S/C37H52N6O9S/c1-4-16-39-35(41-24-38)40-17-9-8-15-37(2,3)23-43(53(46,47)27-12-13-31-32(20-27)51-25-50-31)21-30(44)29(19-26-10-6-5-7-11-26)42-36(45)52-33-22-49-34-28(33)14-18-48-34/h5-7,10-13,20,28-30,33-34,44H,4,8-9,14-19,21-23,25H2,1-3H3,(H,42,45)(H2,39,40,41)/t28-,29-,30+,33-,34+/m0/s1. The zero-order valence-electron chi connectivity index (χ0n) is 30.7. The van der Waals surface area contributed by atoms with Gasteiger partial charge < -0.3 is 39.4 Å². The Bertz CT molecular complexity index is 1690. The molecule has 1 amide bonds. The quantitative estimate of drug-likeness (QED) is 0.0570. The van der Waals surface area contributed by atoms with E-state index in [1.54, 1.807) is 6.07 Å². The number of nitriles is 1. The maximum Gasteiger partial charge on any atom is 0.407 e. The number of amides is 1. The Hall–Kier alpha value is -4.14. The highest BCUT2D eigenvalue weighted by molar-refractivity contribution is 7.89. The number of hydrogen-bond donors (Lipinski definition) is 4. The number of rotatable bonds is 18. The number of carbonyl (C=O) groups is 1. The minimum atomic E-state index is -4.18. The molecule has 2 saturated heterocycles. The van der Waals surface area contributed by atoms with Crippen molar-refractivity contribution in [2.75, 3.05) is 46.2 Å². The van der Waals surface area contributed by atoms with Crippen molar-refractivity contribution < 1.29 is 42.0 Å². The summed E-state index contributed by atoms with van der Waals surface area (Å²) >= 11 is 0. The van der Waals surface area contributed by atoms with Crippen molar-refractivity contribution in [2.45, 2.75) is 88.7 Å². The number of nitrogens with zero attached hydrogens (tertiary/aromatic N) is 3. The number of hydrogen-bond acceptors (Lipinski definition) is 11. The minimum absolute atomic E-state index is 0.000568. The fraction of sp³-hybridized carbons (Fsp3) is 0.595. The van der Waals surface area contributed by atoms with E-state index < -0.39 is 46.1 Å². The van der Waals surface area contributed by atoms with Crippen molar-refractivity contribution in [3.63, 3.8) is 0 Å². The summed E-state index contributed by atoms with van der Waals surface area (Å²) in [6.45, 7) is 7.67. The lowest BCUT2D eigenvalue weighted by atomic mass is 9.87. The average molecular weight is 757 g/mol. The molecule has 15 nitrogen and oxygen atoms in total. The molecule has 53 heavy (non-hydrogen) atoms. The molecule has 16 heteroatoms. The second-order valence-electron chi connectivity index (χ2n) is 14.3. The lowest BCUT2D eigenvalue weighted by Crippen LogP contribution is -2.52. The van der Waals surface area contributed by atoms with Crippen LogP contribution in [-0.2, 0) is 30.7 Å². The molecule has 2 fully saturated rings. The van der Waals surface area contributed by atoms with Crippen LogP contribution >= 0.6 is 0 Å². The Balaban J connectivity index is 1.31. The third-order valence-corrected chi connectivity index (χ3v) is 11.3. The van der Waals surface area contributed by atoms with Gasteiger partial charge in [0.25, 0.3) is 0 Å². The normalized spacial score (nSPS) is 20.8. The van der Waals surface area contributed by atoms with Crippen molar-refractivity contribution in [1.82, 2.24) is 20.3 Å². The van der Waals surface area contributed by atoms with Gasteiger partial charge in [-0.1, -0.05) is 57.5 Å². The third kappa shape index (κ3) is 11.2. The van der Waals surface area contributed by atoms with Crippen molar-refractivity contribution in [3.05, 3.63) is 54.1 Å². The number of carbonyl (C=O) groups excluding carboxylic acids is 1. The number of guanidine groups is 1. The molecule has 0 unspecified atom stereocenters. The zero-order valence-corrected chi connectivity index (χ0v) is 31.5. The first-order valence-electron chi connectivity index (χ1n) is 18.2. The number of aliphatic imine (C=N–C) groups is 1. The molecule has 5 rings (SSSR count). The molecule has 2 aromatic rings. The van der Waals surface area contributed by atoms with Crippen molar-refractivity contribution in [2.24, 2.45) is 16.3 Å². The van der Waals surface area contributed by atoms with Crippen LogP contribution in [0.25, 0.3) is 0 Å². The van der Waals surface area contributed by atoms with Gasteiger partial charge in [0, 0.05) is 32.2 Å². The van der Waals surface area contributed by atoms with Crippen LogP contribution in [0.15, 0.2) is 58.4 Å². The molecule has 5 atom stereocenters. The fourth-order valence-electron chi connectivity index (χ4n) is 6.70. The summed E-state index contributed by atoms with van der Waals surface area (Å²) < 4.78 is 58.0. The smallest absolute Gasteiger partial charge is 0.407 e. The second-order valence-corrected chi connectivity index (χ2v) is 16.2. The Morgan fingerprint density at radius 2 is 1.94 bits per heavy atom. The number of benzene rings is 2.